The number of hydrogen-bond donors (Lipinski definition) is 2. The minimum absolute atomic E-state index is 0.0177. The van der Waals surface area contributed by atoms with E-state index in [-0.39, 0.29) is 21.2 Å². The summed E-state index contributed by atoms with van der Waals surface area (Å²) >= 11 is 11.5. The average Bonchev–Trinajstić information content (AvgIpc) is 3.38. The Kier molecular flexibility index (Phi) is 6.75. The predicted octanol–water partition coefficient (Wildman–Crippen LogP) is 4.07. The Bertz CT molecular complexity index is 1240. The Labute approximate surface area is 219 Å². The minimum Gasteiger partial charge on any atom is -0.362 e. The molecule has 2 unspecified atom stereocenters. The minimum atomic E-state index is -5.59. The van der Waals surface area contributed by atoms with E-state index in [0.29, 0.717) is 0 Å². The fraction of sp³-hybridized carbons (Fsp3) is 0.273. The van der Waals surface area contributed by atoms with Crippen LogP contribution in [0.25, 0.3) is 0 Å². The van der Waals surface area contributed by atoms with E-state index in [2.05, 4.69) is 10.2 Å². The van der Waals surface area contributed by atoms with Crippen LogP contribution in [0.1, 0.15) is 24.0 Å². The summed E-state index contributed by atoms with van der Waals surface area (Å²) < 4.78 is 83.3. The Morgan fingerprint density at radius 1 is 0.684 bits per heavy atom. The van der Waals surface area contributed by atoms with Crippen molar-refractivity contribution in [3.63, 3.8) is 0 Å². The van der Waals surface area contributed by atoms with Crippen molar-refractivity contribution in [1.82, 2.24) is 10.0 Å². The van der Waals surface area contributed by atoms with Gasteiger partial charge < -0.3 is 10.2 Å². The SMILES string of the molecule is O=C(C(=O)N1N=C(c2ccc(Cl)cc2)CC1(O)C(F)(F)F)N1N=C(c2ccc(Cl)cc2)CC1(O)C(F)(F)F. The van der Waals surface area contributed by atoms with Crippen molar-refractivity contribution in [2.45, 2.75) is 36.6 Å². The molecule has 2 heterocycles. The first-order chi connectivity index (χ1) is 17.5. The summed E-state index contributed by atoms with van der Waals surface area (Å²) in [6.45, 7) is 0. The maximum absolute atomic E-state index is 13.9. The van der Waals surface area contributed by atoms with Crippen molar-refractivity contribution < 1.29 is 46.1 Å². The molecule has 202 valence electrons. The summed E-state index contributed by atoms with van der Waals surface area (Å²) in [5.41, 5.74) is -9.24. The van der Waals surface area contributed by atoms with Crippen LogP contribution < -0.4 is 0 Å². The predicted molar refractivity (Wildman–Crippen MR) is 121 cm³/mol. The molecule has 2 atom stereocenters. The van der Waals surface area contributed by atoms with Crippen LogP contribution in [0.15, 0.2) is 58.7 Å². The molecule has 0 radical (unpaired) electrons. The molecule has 2 amide bonds. The van der Waals surface area contributed by atoms with Gasteiger partial charge >= 0.3 is 24.2 Å². The van der Waals surface area contributed by atoms with Crippen molar-refractivity contribution in [2.75, 3.05) is 0 Å². The van der Waals surface area contributed by atoms with E-state index in [1.165, 1.54) is 48.5 Å². The van der Waals surface area contributed by atoms with Gasteiger partial charge in [-0.25, -0.2) is 0 Å². The highest BCUT2D eigenvalue weighted by molar-refractivity contribution is 6.36. The van der Waals surface area contributed by atoms with Crippen molar-refractivity contribution in [2.24, 2.45) is 10.2 Å². The van der Waals surface area contributed by atoms with Gasteiger partial charge in [-0.2, -0.15) is 46.6 Å². The second-order valence-corrected chi connectivity index (χ2v) is 9.20. The number of aliphatic hydroxyl groups is 2. The van der Waals surface area contributed by atoms with Crippen molar-refractivity contribution >= 4 is 46.4 Å². The molecule has 0 bridgehead atoms. The lowest BCUT2D eigenvalue weighted by molar-refractivity contribution is -0.307. The second kappa shape index (κ2) is 9.22. The van der Waals surface area contributed by atoms with Gasteiger partial charge in [-0.3, -0.25) is 9.59 Å². The van der Waals surface area contributed by atoms with E-state index in [4.69, 9.17) is 23.2 Å². The Balaban J connectivity index is 1.76. The van der Waals surface area contributed by atoms with Gasteiger partial charge in [-0.1, -0.05) is 47.5 Å². The number of hydrazone groups is 2. The molecule has 0 aromatic heterocycles. The van der Waals surface area contributed by atoms with Crippen LogP contribution in [0, 0.1) is 0 Å². The van der Waals surface area contributed by atoms with Crippen LogP contribution in [0.4, 0.5) is 26.3 Å². The Morgan fingerprint density at radius 2 is 0.974 bits per heavy atom. The Hall–Kier alpha value is -3.20. The fourth-order valence-electron chi connectivity index (χ4n) is 3.75. The van der Waals surface area contributed by atoms with Crippen molar-refractivity contribution in [3.05, 3.63) is 69.7 Å². The van der Waals surface area contributed by atoms with Crippen LogP contribution in [0.2, 0.25) is 10.0 Å². The molecule has 16 heteroatoms. The molecule has 2 aromatic carbocycles. The molecule has 8 nitrogen and oxygen atoms in total. The normalized spacial score (nSPS) is 23.9. The first-order valence-corrected chi connectivity index (χ1v) is 11.2. The number of carbonyl (C=O) groups is 2. The topological polar surface area (TPSA) is 106 Å². The van der Waals surface area contributed by atoms with Crippen LogP contribution in [0.5, 0.6) is 0 Å². The maximum atomic E-state index is 13.9. The fourth-order valence-corrected chi connectivity index (χ4v) is 4.00. The highest BCUT2D eigenvalue weighted by Gasteiger charge is 2.67. The third-order valence-corrected chi connectivity index (χ3v) is 6.30. The monoisotopic (exact) mass is 582 g/mol. The zero-order chi connectivity index (χ0) is 28.3. The first-order valence-electron chi connectivity index (χ1n) is 10.4. The summed E-state index contributed by atoms with van der Waals surface area (Å²) in [4.78, 5) is 25.8. The number of alkyl halides is 6. The standard InChI is InChI=1S/C22H14Cl2F6N4O4/c23-13-5-1-11(2-6-13)15-9-19(37,21(25,26)27)33(31-15)17(35)18(36)34-20(38,22(28,29)30)10-16(32-34)12-3-7-14(24)8-4-12/h1-8,37-38H,9-10H2. The molecular formula is C22H14Cl2F6N4O4. The number of amides is 2. The summed E-state index contributed by atoms with van der Waals surface area (Å²) in [5.74, 6) is -4.64. The van der Waals surface area contributed by atoms with Gasteiger partial charge in [0.1, 0.15) is 0 Å². The van der Waals surface area contributed by atoms with E-state index in [9.17, 15) is 46.1 Å². The average molecular weight is 583 g/mol. The number of halogens is 8. The summed E-state index contributed by atoms with van der Waals surface area (Å²) in [7, 11) is 0. The third kappa shape index (κ3) is 4.61. The van der Waals surface area contributed by atoms with Gasteiger partial charge in [0.2, 0.25) is 0 Å². The van der Waals surface area contributed by atoms with E-state index >= 15 is 0 Å². The van der Waals surface area contributed by atoms with Gasteiger partial charge in [-0.15, -0.1) is 0 Å². The number of benzene rings is 2. The van der Waals surface area contributed by atoms with Crippen molar-refractivity contribution in [1.29, 1.82) is 0 Å². The maximum Gasteiger partial charge on any atom is 0.438 e. The smallest absolute Gasteiger partial charge is 0.362 e. The summed E-state index contributed by atoms with van der Waals surface area (Å²) in [5, 5.41) is 26.7. The zero-order valence-corrected chi connectivity index (χ0v) is 20.1. The Morgan fingerprint density at radius 3 is 1.24 bits per heavy atom. The van der Waals surface area contributed by atoms with Gasteiger partial charge in [-0.05, 0) is 35.4 Å². The van der Waals surface area contributed by atoms with Crippen LogP contribution in [0.3, 0.4) is 0 Å². The molecule has 0 spiro atoms. The molecule has 38 heavy (non-hydrogen) atoms. The molecule has 0 aliphatic carbocycles. The molecule has 2 N–H and O–H groups in total. The molecular weight excluding hydrogens is 569 g/mol. The van der Waals surface area contributed by atoms with Crippen molar-refractivity contribution in [3.8, 4) is 0 Å². The van der Waals surface area contributed by atoms with Gasteiger partial charge in [0.05, 0.1) is 24.3 Å². The molecule has 0 saturated heterocycles. The lowest BCUT2D eigenvalue weighted by atomic mass is 10.0. The number of nitrogens with zero attached hydrogens (tertiary/aromatic N) is 4. The van der Waals surface area contributed by atoms with Crippen LogP contribution >= 0.6 is 23.2 Å². The summed E-state index contributed by atoms with van der Waals surface area (Å²) in [6, 6.07) is 10.0. The largest absolute Gasteiger partial charge is 0.438 e. The van der Waals surface area contributed by atoms with E-state index < -0.39 is 69.9 Å². The second-order valence-electron chi connectivity index (χ2n) is 8.32. The lowest BCUT2D eigenvalue weighted by Crippen LogP contribution is -2.63. The van der Waals surface area contributed by atoms with E-state index in [0.717, 1.165) is 0 Å². The molecule has 0 fully saturated rings. The molecule has 0 saturated carbocycles. The van der Waals surface area contributed by atoms with E-state index in [1.54, 1.807) is 0 Å². The molecule has 2 aliphatic heterocycles. The third-order valence-electron chi connectivity index (χ3n) is 5.80. The number of carbonyl (C=O) groups excluding carboxylic acids is 2. The first kappa shape index (κ1) is 27.8. The van der Waals surface area contributed by atoms with E-state index in [1.807, 2.05) is 0 Å². The highest BCUT2D eigenvalue weighted by atomic mass is 35.5. The van der Waals surface area contributed by atoms with Gasteiger partial charge in [0, 0.05) is 10.0 Å². The number of hydrogen-bond acceptors (Lipinski definition) is 6. The molecule has 2 aromatic rings. The lowest BCUT2D eigenvalue weighted by Gasteiger charge is -2.35. The zero-order valence-electron chi connectivity index (χ0n) is 18.6. The van der Waals surface area contributed by atoms with Gasteiger partial charge in [0.15, 0.2) is 0 Å². The summed E-state index contributed by atoms with van der Waals surface area (Å²) in [6.07, 6.45) is -13.9. The van der Waals surface area contributed by atoms with Crippen LogP contribution in [-0.4, -0.2) is 67.3 Å². The number of rotatable bonds is 2. The quantitative estimate of drug-likeness (QED) is 0.411. The molecule has 2 aliphatic rings. The highest BCUT2D eigenvalue weighted by Crippen LogP contribution is 2.44. The molecule has 4 rings (SSSR count). The van der Waals surface area contributed by atoms with Crippen LogP contribution in [-0.2, 0) is 9.59 Å². The van der Waals surface area contributed by atoms with Gasteiger partial charge in [0.25, 0.3) is 11.4 Å².